The lowest BCUT2D eigenvalue weighted by Gasteiger charge is -2.32. The third kappa shape index (κ3) is 4.07. The van der Waals surface area contributed by atoms with Gasteiger partial charge in [0.15, 0.2) is 0 Å². The zero-order valence-corrected chi connectivity index (χ0v) is 17.6. The second-order valence-electron chi connectivity index (χ2n) is 7.30. The summed E-state index contributed by atoms with van der Waals surface area (Å²) in [5, 5.41) is 16.0. The van der Waals surface area contributed by atoms with E-state index in [-0.39, 0.29) is 24.5 Å². The number of allylic oxidation sites excluding steroid dienone is 1. The van der Waals surface area contributed by atoms with Crippen LogP contribution in [0.3, 0.4) is 0 Å². The maximum atomic E-state index is 12.7. The third-order valence-corrected chi connectivity index (χ3v) is 5.44. The summed E-state index contributed by atoms with van der Waals surface area (Å²) in [6, 6.07) is 17.5. The van der Waals surface area contributed by atoms with Crippen LogP contribution in [0.25, 0.3) is 5.70 Å². The first-order chi connectivity index (χ1) is 14.6. The average Bonchev–Trinajstić information content (AvgIpc) is 3.25. The summed E-state index contributed by atoms with van der Waals surface area (Å²) in [4.78, 5) is 14.6. The van der Waals surface area contributed by atoms with Gasteiger partial charge in [-0.25, -0.2) is 0 Å². The highest BCUT2D eigenvalue weighted by atomic mass is 35.5. The van der Waals surface area contributed by atoms with E-state index in [0.29, 0.717) is 11.0 Å². The van der Waals surface area contributed by atoms with E-state index in [1.54, 1.807) is 4.68 Å². The molecule has 0 saturated carbocycles. The van der Waals surface area contributed by atoms with Gasteiger partial charge in [-0.1, -0.05) is 66.1 Å². The van der Waals surface area contributed by atoms with Gasteiger partial charge in [-0.3, -0.25) is 9.69 Å². The average molecular weight is 423 g/mol. The van der Waals surface area contributed by atoms with Gasteiger partial charge in [0, 0.05) is 11.1 Å². The zero-order valence-electron chi connectivity index (χ0n) is 16.9. The van der Waals surface area contributed by atoms with Gasteiger partial charge in [0.25, 0.3) is 5.95 Å². The van der Waals surface area contributed by atoms with Gasteiger partial charge in [0.1, 0.15) is 12.6 Å². The highest BCUT2D eigenvalue weighted by Crippen LogP contribution is 2.36. The first kappa shape index (κ1) is 20.1. The molecule has 7 nitrogen and oxygen atoms in total. The molecule has 2 aromatic carbocycles. The molecule has 0 radical (unpaired) electrons. The van der Waals surface area contributed by atoms with E-state index < -0.39 is 0 Å². The van der Waals surface area contributed by atoms with Gasteiger partial charge in [-0.05, 0) is 53.1 Å². The summed E-state index contributed by atoms with van der Waals surface area (Å²) < 4.78 is 1.73. The summed E-state index contributed by atoms with van der Waals surface area (Å²) in [5.74, 6) is 0.446. The van der Waals surface area contributed by atoms with Crippen LogP contribution >= 0.6 is 11.6 Å². The summed E-state index contributed by atoms with van der Waals surface area (Å²) in [7, 11) is 0. The standard InChI is InChI=1S/C22H23ClN6O/c1-3-15(2)24-21(30)14-28-19(16-7-5-4-6-8-16)13-20(29-22(28)25-26-27-29)17-9-11-18(23)12-10-17/h4-13,15,20H,3,14H2,1-2H3,(H,24,30). The predicted molar refractivity (Wildman–Crippen MR) is 117 cm³/mol. The lowest BCUT2D eigenvalue weighted by molar-refractivity contribution is -0.120. The molecule has 4 rings (SSSR count). The Morgan fingerprint density at radius 2 is 1.90 bits per heavy atom. The lowest BCUT2D eigenvalue weighted by Crippen LogP contribution is -2.42. The Kier molecular flexibility index (Phi) is 5.81. The van der Waals surface area contributed by atoms with Gasteiger partial charge >= 0.3 is 0 Å². The van der Waals surface area contributed by atoms with Crippen LogP contribution in [-0.2, 0) is 4.79 Å². The number of hydrogen-bond acceptors (Lipinski definition) is 5. The normalized spacial score (nSPS) is 16.6. The van der Waals surface area contributed by atoms with Crippen molar-refractivity contribution in [2.24, 2.45) is 0 Å². The number of aromatic nitrogens is 4. The van der Waals surface area contributed by atoms with Crippen LogP contribution in [0, 0.1) is 0 Å². The van der Waals surface area contributed by atoms with Crippen molar-refractivity contribution in [1.82, 2.24) is 25.5 Å². The van der Waals surface area contributed by atoms with Gasteiger partial charge < -0.3 is 5.32 Å². The number of nitrogens with zero attached hydrogens (tertiary/aromatic N) is 5. The minimum Gasteiger partial charge on any atom is -0.352 e. The molecule has 1 amide bonds. The second-order valence-corrected chi connectivity index (χ2v) is 7.74. The van der Waals surface area contributed by atoms with E-state index >= 15 is 0 Å². The summed E-state index contributed by atoms with van der Waals surface area (Å²) >= 11 is 6.07. The van der Waals surface area contributed by atoms with Gasteiger partial charge in [0.05, 0.1) is 5.70 Å². The number of carbonyl (C=O) groups is 1. The van der Waals surface area contributed by atoms with Crippen molar-refractivity contribution in [3.8, 4) is 0 Å². The number of carbonyl (C=O) groups excluding carboxylic acids is 1. The maximum Gasteiger partial charge on any atom is 0.251 e. The fraction of sp³-hybridized carbons (Fsp3) is 0.273. The largest absolute Gasteiger partial charge is 0.352 e. The maximum absolute atomic E-state index is 12.7. The number of rotatable bonds is 6. The molecule has 30 heavy (non-hydrogen) atoms. The molecule has 2 atom stereocenters. The van der Waals surface area contributed by atoms with E-state index in [1.807, 2.05) is 73.3 Å². The monoisotopic (exact) mass is 422 g/mol. The molecule has 8 heteroatoms. The number of anilines is 1. The topological polar surface area (TPSA) is 75.9 Å². The molecule has 2 heterocycles. The fourth-order valence-corrected chi connectivity index (χ4v) is 3.57. The van der Waals surface area contributed by atoms with Gasteiger partial charge in [-0.15, -0.1) is 0 Å². The summed E-state index contributed by atoms with van der Waals surface area (Å²) in [6.45, 7) is 4.15. The molecular formula is C22H23ClN6O. The molecule has 0 spiro atoms. The minimum absolute atomic E-state index is 0.0781. The molecule has 0 saturated heterocycles. The van der Waals surface area contributed by atoms with Crippen LogP contribution in [0.1, 0.15) is 37.4 Å². The molecule has 154 valence electrons. The van der Waals surface area contributed by atoms with E-state index in [0.717, 1.165) is 23.2 Å². The first-order valence-electron chi connectivity index (χ1n) is 9.94. The minimum atomic E-state index is -0.212. The highest BCUT2D eigenvalue weighted by Gasteiger charge is 2.32. The van der Waals surface area contributed by atoms with Crippen LogP contribution in [0.2, 0.25) is 5.02 Å². The summed E-state index contributed by atoms with van der Waals surface area (Å²) in [5.41, 5.74) is 2.88. The smallest absolute Gasteiger partial charge is 0.251 e. The number of fused-ring (bicyclic) bond motifs is 1. The van der Waals surface area contributed by atoms with Crippen LogP contribution in [0.5, 0.6) is 0 Å². The Balaban J connectivity index is 1.76. The number of amides is 1. The molecule has 0 fully saturated rings. The third-order valence-electron chi connectivity index (χ3n) is 5.19. The number of tetrazole rings is 1. The van der Waals surface area contributed by atoms with Crippen LogP contribution in [0.15, 0.2) is 60.7 Å². The van der Waals surface area contributed by atoms with Crippen molar-refractivity contribution in [2.75, 3.05) is 11.4 Å². The van der Waals surface area contributed by atoms with Crippen molar-refractivity contribution in [3.63, 3.8) is 0 Å². The quantitative estimate of drug-likeness (QED) is 0.655. The number of nitrogens with one attached hydrogen (secondary N) is 1. The molecule has 2 unspecified atom stereocenters. The Hall–Kier alpha value is -3.19. The lowest BCUT2D eigenvalue weighted by atomic mass is 10.0. The predicted octanol–water partition coefficient (Wildman–Crippen LogP) is 3.69. The molecule has 0 bridgehead atoms. The Labute approximate surface area is 180 Å². The van der Waals surface area contributed by atoms with E-state index in [4.69, 9.17) is 11.6 Å². The van der Waals surface area contributed by atoms with Gasteiger partial charge in [-0.2, -0.15) is 4.68 Å². The molecule has 3 aromatic rings. The molecule has 1 aromatic heterocycles. The van der Waals surface area contributed by atoms with Gasteiger partial charge in [0.2, 0.25) is 5.91 Å². The second kappa shape index (κ2) is 8.67. The Morgan fingerprint density at radius 3 is 2.60 bits per heavy atom. The van der Waals surface area contributed by atoms with Crippen molar-refractivity contribution in [2.45, 2.75) is 32.4 Å². The van der Waals surface area contributed by atoms with Crippen LogP contribution < -0.4 is 10.2 Å². The van der Waals surface area contributed by atoms with E-state index in [9.17, 15) is 4.79 Å². The number of hydrogen-bond donors (Lipinski definition) is 1. The summed E-state index contributed by atoms with van der Waals surface area (Å²) in [6.07, 6.45) is 2.95. The van der Waals surface area contributed by atoms with Crippen LogP contribution in [0.4, 0.5) is 5.95 Å². The van der Waals surface area contributed by atoms with Crippen LogP contribution in [-0.4, -0.2) is 38.7 Å². The molecule has 1 N–H and O–H groups in total. The Morgan fingerprint density at radius 1 is 1.17 bits per heavy atom. The zero-order chi connectivity index (χ0) is 21.1. The van der Waals surface area contributed by atoms with E-state index in [1.165, 1.54) is 0 Å². The van der Waals surface area contributed by atoms with E-state index in [2.05, 4.69) is 26.9 Å². The highest BCUT2D eigenvalue weighted by molar-refractivity contribution is 6.30. The van der Waals surface area contributed by atoms with Crippen molar-refractivity contribution < 1.29 is 4.79 Å². The SMILES string of the molecule is CCC(C)NC(=O)CN1C(c2ccccc2)=CC(c2ccc(Cl)cc2)n2nnnc21. The number of benzene rings is 2. The molecule has 1 aliphatic heterocycles. The van der Waals surface area contributed by atoms with Crippen molar-refractivity contribution in [3.05, 3.63) is 76.8 Å². The van der Waals surface area contributed by atoms with Crippen molar-refractivity contribution in [1.29, 1.82) is 0 Å². The fourth-order valence-electron chi connectivity index (χ4n) is 3.44. The van der Waals surface area contributed by atoms with Crippen molar-refractivity contribution >= 4 is 29.2 Å². The number of halogens is 1. The molecular weight excluding hydrogens is 400 g/mol. The molecule has 1 aliphatic rings. The first-order valence-corrected chi connectivity index (χ1v) is 10.3. The molecule has 0 aliphatic carbocycles. The Bertz CT molecular complexity index is 1050.